The highest BCUT2D eigenvalue weighted by molar-refractivity contribution is 7.47. The predicted molar refractivity (Wildman–Crippen MR) is 147 cm³/mol. The quantitative estimate of drug-likeness (QED) is 0.106. The Balaban J connectivity index is 1.16. The van der Waals surface area contributed by atoms with E-state index in [-0.39, 0.29) is 40.5 Å². The number of anilines is 2. The molecule has 242 valence electrons. The van der Waals surface area contributed by atoms with Gasteiger partial charge in [0.05, 0.1) is 25.9 Å². The first-order valence-corrected chi connectivity index (χ1v) is 16.0. The van der Waals surface area contributed by atoms with Crippen molar-refractivity contribution < 1.29 is 51.7 Å². The molecule has 9 atom stereocenters. The third kappa shape index (κ3) is 6.17. The van der Waals surface area contributed by atoms with E-state index in [1.807, 2.05) is 0 Å². The second-order valence-corrected chi connectivity index (χ2v) is 12.3. The first-order chi connectivity index (χ1) is 21.5. The smallest absolute Gasteiger partial charge is 0.394 e. The van der Waals surface area contributed by atoms with Gasteiger partial charge in [-0.15, -0.1) is 0 Å². The average Bonchev–Trinajstić information content (AvgIpc) is 3.75. The molecule has 24 heteroatoms. The lowest BCUT2D eigenvalue weighted by Gasteiger charge is -2.22. The van der Waals surface area contributed by atoms with Gasteiger partial charge in [0.15, 0.2) is 35.0 Å². The monoisotopic (exact) mass is 675 g/mol. The van der Waals surface area contributed by atoms with Gasteiger partial charge in [-0.2, -0.15) is 9.88 Å². The number of nitrogens with one attached hydrogen (secondary N) is 1. The number of aromatic nitrogens is 8. The van der Waals surface area contributed by atoms with E-state index >= 15 is 4.39 Å². The number of phosphoric ester groups is 1. The van der Waals surface area contributed by atoms with Crippen LogP contribution >= 0.6 is 15.9 Å². The van der Waals surface area contributed by atoms with Crippen molar-refractivity contribution in [1.29, 1.82) is 0 Å². The maximum atomic E-state index is 15.7. The molecule has 0 radical (unpaired) electrons. The summed E-state index contributed by atoms with van der Waals surface area (Å²) >= 11 is 0. The van der Waals surface area contributed by atoms with Crippen LogP contribution < -0.4 is 17.0 Å². The second kappa shape index (κ2) is 12.3. The van der Waals surface area contributed by atoms with Crippen LogP contribution in [-0.2, 0) is 32.4 Å². The summed E-state index contributed by atoms with van der Waals surface area (Å²) in [5.74, 6) is -0.143. The van der Waals surface area contributed by atoms with Crippen molar-refractivity contribution in [3.8, 4) is 0 Å². The van der Waals surface area contributed by atoms with Crippen LogP contribution in [0.1, 0.15) is 18.9 Å². The molecule has 4 aromatic rings. The molecule has 0 aromatic carbocycles. The molecule has 4 aromatic heterocycles. The number of hydrogen-bond acceptors (Lipinski definition) is 16. The van der Waals surface area contributed by atoms with Crippen molar-refractivity contribution in [3.63, 3.8) is 0 Å². The van der Waals surface area contributed by atoms with E-state index in [0.717, 1.165) is 6.33 Å². The summed E-state index contributed by atoms with van der Waals surface area (Å²) in [6, 6.07) is 0. The van der Waals surface area contributed by atoms with Gasteiger partial charge in [0.1, 0.15) is 42.5 Å². The standard InChI is InChI=1S/C21H25FN10O11P2/c22-12-15(39-7-44(35)36)10(42-20(12)32-6-27-13-16(23)25-4-26-17(13)32)3-40-45(37,38)43-8-1-11(41-9(8)2-33)31-5-28-14-18(31)29-21(24)30-19(14)34/h4-6,8-12,15,20,33H,1-3,7H2,(H6-,23,24,25,26,29,30,34,35,36,37,38)/p+1/t8?,9-,10-,11-,12?,15?,20-/m1/s1. The lowest BCUT2D eigenvalue weighted by atomic mass is 10.1. The first kappa shape index (κ1) is 31.4. The number of imidazole rings is 2. The molecule has 0 amide bonds. The molecule has 0 bridgehead atoms. The Morgan fingerprint density at radius 3 is 2.64 bits per heavy atom. The Labute approximate surface area is 250 Å². The molecule has 45 heavy (non-hydrogen) atoms. The SMILES string of the molecule is Nc1nc2c(ncn2[C@H]2CC(OP(=O)(O)OC[C@H]3O[C@@H](n4cnc5c(N)ncnc54)C(F)C3OC[P+](=O)O)[C@@H](CO)O2)c(=O)[nH]1. The summed E-state index contributed by atoms with van der Waals surface area (Å²) in [6.45, 7) is -1.39. The van der Waals surface area contributed by atoms with Crippen LogP contribution in [-0.4, -0.2) is 104 Å². The van der Waals surface area contributed by atoms with Gasteiger partial charge >= 0.3 is 15.9 Å². The van der Waals surface area contributed by atoms with Gasteiger partial charge in [-0.25, -0.2) is 28.9 Å². The maximum absolute atomic E-state index is 15.7. The minimum atomic E-state index is -4.95. The molecule has 5 unspecified atom stereocenters. The van der Waals surface area contributed by atoms with Crippen molar-refractivity contribution in [2.24, 2.45) is 0 Å². The van der Waals surface area contributed by atoms with Gasteiger partial charge in [-0.1, -0.05) is 0 Å². The number of aromatic amines is 1. The maximum Gasteiger partial charge on any atom is 0.534 e. The van der Waals surface area contributed by atoms with Crippen LogP contribution in [0.5, 0.6) is 0 Å². The molecular formula is C21H26FN10O11P2+. The number of nitrogens with two attached hydrogens (primary N) is 2. The molecule has 2 aliphatic heterocycles. The van der Waals surface area contributed by atoms with Crippen LogP contribution in [0.3, 0.4) is 0 Å². The number of hydrogen-bond donors (Lipinski definition) is 6. The second-order valence-electron chi connectivity index (χ2n) is 9.94. The third-order valence-corrected chi connectivity index (χ3v) is 8.48. The van der Waals surface area contributed by atoms with E-state index in [1.165, 1.54) is 21.8 Å². The minimum absolute atomic E-state index is 0.0305. The van der Waals surface area contributed by atoms with Crippen molar-refractivity contribution in [1.82, 2.24) is 39.0 Å². The number of rotatable bonds is 11. The minimum Gasteiger partial charge on any atom is -0.394 e. The van der Waals surface area contributed by atoms with Crippen molar-refractivity contribution in [3.05, 3.63) is 29.3 Å². The number of alkyl halides is 1. The summed E-state index contributed by atoms with van der Waals surface area (Å²) in [5, 5.41) is 9.85. The zero-order chi connectivity index (χ0) is 32.0. The van der Waals surface area contributed by atoms with Crippen LogP contribution in [0.4, 0.5) is 16.2 Å². The van der Waals surface area contributed by atoms with E-state index < -0.39 is 84.0 Å². The largest absolute Gasteiger partial charge is 0.534 e. The molecule has 21 nitrogen and oxygen atoms in total. The summed E-state index contributed by atoms with van der Waals surface area (Å²) in [7, 11) is -7.77. The van der Waals surface area contributed by atoms with Crippen LogP contribution in [0, 0.1) is 0 Å². The van der Waals surface area contributed by atoms with Gasteiger partial charge in [0.2, 0.25) is 5.95 Å². The number of halogens is 1. The van der Waals surface area contributed by atoms with Crippen LogP contribution in [0.15, 0.2) is 23.8 Å². The van der Waals surface area contributed by atoms with Gasteiger partial charge in [0.25, 0.3) is 11.9 Å². The molecule has 0 spiro atoms. The predicted octanol–water partition coefficient (Wildman–Crippen LogP) is -0.781. The Bertz CT molecular complexity index is 1840. The van der Waals surface area contributed by atoms with Crippen molar-refractivity contribution >= 4 is 49.9 Å². The average molecular weight is 675 g/mol. The molecule has 8 N–H and O–H groups in total. The molecule has 0 saturated carbocycles. The fourth-order valence-corrected chi connectivity index (χ4v) is 6.39. The highest BCUT2D eigenvalue weighted by Gasteiger charge is 2.50. The van der Waals surface area contributed by atoms with Crippen LogP contribution in [0.25, 0.3) is 22.3 Å². The number of fused-ring (bicyclic) bond motifs is 2. The number of nitrogens with zero attached hydrogens (tertiary/aromatic N) is 7. The molecule has 6 heterocycles. The summed E-state index contributed by atoms with van der Waals surface area (Å²) in [5.41, 5.74) is 11.2. The summed E-state index contributed by atoms with van der Waals surface area (Å²) < 4.78 is 69.8. The number of nitrogen functional groups attached to an aromatic ring is 2. The van der Waals surface area contributed by atoms with Gasteiger partial charge in [-0.05, 0) is 4.57 Å². The number of aliphatic hydroxyl groups is 1. The van der Waals surface area contributed by atoms with E-state index in [4.69, 9.17) is 34.7 Å². The zero-order valence-corrected chi connectivity index (χ0v) is 24.6. The van der Waals surface area contributed by atoms with Crippen LogP contribution in [0.2, 0.25) is 0 Å². The van der Waals surface area contributed by atoms with E-state index in [2.05, 4.69) is 29.9 Å². The Kier molecular flexibility index (Phi) is 8.61. The molecular weight excluding hydrogens is 649 g/mol. The molecule has 6 rings (SSSR count). The highest BCUT2D eigenvalue weighted by Crippen LogP contribution is 2.49. The molecule has 0 aliphatic carbocycles. The fraction of sp³-hybridized carbons (Fsp3) is 0.524. The number of aliphatic hydroxyl groups excluding tert-OH is 1. The lowest BCUT2D eigenvalue weighted by Crippen LogP contribution is -2.34. The number of H-pyrrole nitrogens is 1. The van der Waals surface area contributed by atoms with Crippen molar-refractivity contribution in [2.75, 3.05) is 31.0 Å². The van der Waals surface area contributed by atoms with E-state index in [0.29, 0.717) is 0 Å². The highest BCUT2D eigenvalue weighted by atomic mass is 31.2. The molecule has 2 aliphatic rings. The Morgan fingerprint density at radius 1 is 1.13 bits per heavy atom. The summed E-state index contributed by atoms with van der Waals surface area (Å²) in [6.07, 6.45) is -6.85. The normalized spacial score (nSPS) is 28.6. The fourth-order valence-electron chi connectivity index (χ4n) is 5.13. The number of phosphoric acid groups is 1. The lowest BCUT2D eigenvalue weighted by molar-refractivity contribution is -0.0618. The molecule has 2 saturated heterocycles. The third-order valence-electron chi connectivity index (χ3n) is 7.10. The first-order valence-electron chi connectivity index (χ1n) is 13.1. The Morgan fingerprint density at radius 2 is 1.89 bits per heavy atom. The van der Waals surface area contributed by atoms with Crippen molar-refractivity contribution in [2.45, 2.75) is 49.5 Å². The topological polar surface area (TPSA) is 300 Å². The summed E-state index contributed by atoms with van der Waals surface area (Å²) in [4.78, 5) is 54.2. The number of ether oxygens (including phenoxy) is 3. The Hall–Kier alpha value is -3.56. The zero-order valence-electron chi connectivity index (χ0n) is 22.8. The van der Waals surface area contributed by atoms with Gasteiger partial charge < -0.3 is 35.7 Å². The molecule has 2 fully saturated rings. The van der Waals surface area contributed by atoms with Gasteiger partial charge in [-0.3, -0.25) is 28.0 Å². The van der Waals surface area contributed by atoms with E-state index in [9.17, 15) is 28.8 Å². The van der Waals surface area contributed by atoms with Gasteiger partial charge in [0, 0.05) is 6.42 Å². The van der Waals surface area contributed by atoms with E-state index in [1.54, 1.807) is 0 Å².